The van der Waals surface area contributed by atoms with Gasteiger partial charge in [0.2, 0.25) is 0 Å². The Balaban J connectivity index is 1.77. The number of thiazole rings is 1. The lowest BCUT2D eigenvalue weighted by molar-refractivity contribution is 0.642. The topological polar surface area (TPSA) is 24.9 Å². The van der Waals surface area contributed by atoms with Crippen molar-refractivity contribution in [2.45, 2.75) is 52.0 Å². The van der Waals surface area contributed by atoms with Crippen LogP contribution in [0.4, 0.5) is 0 Å². The molecule has 0 atom stereocenters. The normalized spacial score (nSPS) is 14.6. The summed E-state index contributed by atoms with van der Waals surface area (Å²) in [6, 6.07) is 8.73. The fourth-order valence-corrected chi connectivity index (χ4v) is 3.61. The Bertz CT molecular complexity index is 582. The third-order valence-corrected chi connectivity index (χ3v) is 5.10. The van der Waals surface area contributed by atoms with Crippen LogP contribution in [0.15, 0.2) is 24.3 Å². The van der Waals surface area contributed by atoms with E-state index in [1.165, 1.54) is 52.4 Å². The Kier molecular flexibility index (Phi) is 4.71. The van der Waals surface area contributed by atoms with Gasteiger partial charge in [0.05, 0.1) is 5.69 Å². The molecule has 1 fully saturated rings. The van der Waals surface area contributed by atoms with Gasteiger partial charge in [-0.25, -0.2) is 4.98 Å². The number of nitrogens with zero attached hydrogens (tertiary/aromatic N) is 1. The summed E-state index contributed by atoms with van der Waals surface area (Å²) in [7, 11) is 0. The molecular formula is C18H24N2S. The fourth-order valence-electron chi connectivity index (χ4n) is 2.49. The molecule has 0 bridgehead atoms. The number of hydrogen-bond donors (Lipinski definition) is 1. The lowest BCUT2D eigenvalue weighted by atomic mass is 10.1. The van der Waals surface area contributed by atoms with E-state index in [0.29, 0.717) is 0 Å². The molecule has 2 aromatic rings. The molecule has 2 nitrogen and oxygen atoms in total. The molecule has 3 heteroatoms. The van der Waals surface area contributed by atoms with Crippen LogP contribution in [-0.4, -0.2) is 11.5 Å². The Morgan fingerprint density at radius 2 is 2.00 bits per heavy atom. The predicted molar refractivity (Wildman–Crippen MR) is 90.9 cm³/mol. The van der Waals surface area contributed by atoms with Gasteiger partial charge in [0.15, 0.2) is 0 Å². The van der Waals surface area contributed by atoms with E-state index in [-0.39, 0.29) is 0 Å². The van der Waals surface area contributed by atoms with Gasteiger partial charge < -0.3 is 5.32 Å². The summed E-state index contributed by atoms with van der Waals surface area (Å²) in [6.07, 6.45) is 5.14. The van der Waals surface area contributed by atoms with Gasteiger partial charge in [-0.05, 0) is 32.7 Å². The number of unbranched alkanes of at least 4 members (excludes halogenated alkanes) is 1. The molecule has 21 heavy (non-hydrogen) atoms. The number of aromatic nitrogens is 1. The highest BCUT2D eigenvalue weighted by atomic mass is 32.1. The molecule has 0 spiro atoms. The first-order chi connectivity index (χ1) is 10.3. The van der Waals surface area contributed by atoms with Crippen LogP contribution in [0.5, 0.6) is 0 Å². The zero-order valence-corrected chi connectivity index (χ0v) is 13.8. The van der Waals surface area contributed by atoms with Crippen LogP contribution in [0.1, 0.15) is 54.7 Å². The van der Waals surface area contributed by atoms with Crippen LogP contribution in [0, 0.1) is 6.92 Å². The molecule has 1 aromatic carbocycles. The Labute approximate surface area is 131 Å². The van der Waals surface area contributed by atoms with Gasteiger partial charge in [-0.2, -0.15) is 0 Å². The van der Waals surface area contributed by atoms with Crippen molar-refractivity contribution in [1.82, 2.24) is 10.3 Å². The van der Waals surface area contributed by atoms with Gasteiger partial charge >= 0.3 is 0 Å². The van der Waals surface area contributed by atoms with Crippen molar-refractivity contribution in [3.05, 3.63) is 40.4 Å². The first-order valence-electron chi connectivity index (χ1n) is 8.05. The average Bonchev–Trinajstić information content (AvgIpc) is 3.25. The van der Waals surface area contributed by atoms with E-state index in [4.69, 9.17) is 4.98 Å². The van der Waals surface area contributed by atoms with Crippen LogP contribution >= 0.6 is 11.3 Å². The standard InChI is InChI=1S/C18H24N2S/c1-3-4-11-19-12-16-17(14-9-10-14)20-18(21-16)15-7-5-13(2)6-8-15/h5-8,14,19H,3-4,9-12H2,1-2H3. The number of rotatable bonds is 7. The number of nitrogens with one attached hydrogen (secondary N) is 1. The molecule has 0 unspecified atom stereocenters. The third-order valence-electron chi connectivity index (χ3n) is 3.98. The summed E-state index contributed by atoms with van der Waals surface area (Å²) >= 11 is 1.87. The van der Waals surface area contributed by atoms with Gasteiger partial charge in [0.25, 0.3) is 0 Å². The van der Waals surface area contributed by atoms with Crippen molar-refractivity contribution in [3.8, 4) is 10.6 Å². The lowest BCUT2D eigenvalue weighted by Crippen LogP contribution is -2.14. The van der Waals surface area contributed by atoms with Crippen LogP contribution in [0.2, 0.25) is 0 Å². The van der Waals surface area contributed by atoms with E-state index in [0.717, 1.165) is 19.0 Å². The molecule has 0 radical (unpaired) electrons. The molecule has 112 valence electrons. The molecule has 0 saturated heterocycles. The van der Waals surface area contributed by atoms with E-state index >= 15 is 0 Å². The minimum absolute atomic E-state index is 0.725. The second kappa shape index (κ2) is 6.71. The Hall–Kier alpha value is -1.19. The monoisotopic (exact) mass is 300 g/mol. The average molecular weight is 300 g/mol. The maximum Gasteiger partial charge on any atom is 0.123 e. The van der Waals surface area contributed by atoms with Crippen molar-refractivity contribution in [1.29, 1.82) is 0 Å². The van der Waals surface area contributed by atoms with Crippen LogP contribution in [-0.2, 0) is 6.54 Å². The van der Waals surface area contributed by atoms with Crippen molar-refractivity contribution in [2.24, 2.45) is 0 Å². The molecule has 1 aliphatic rings. The molecule has 1 N–H and O–H groups in total. The molecule has 3 rings (SSSR count). The predicted octanol–water partition coefficient (Wildman–Crippen LogP) is 4.89. The summed E-state index contributed by atoms with van der Waals surface area (Å²) in [4.78, 5) is 6.40. The minimum Gasteiger partial charge on any atom is -0.312 e. The van der Waals surface area contributed by atoms with E-state index in [1.54, 1.807) is 0 Å². The van der Waals surface area contributed by atoms with Gasteiger partial charge in [-0.15, -0.1) is 11.3 Å². The van der Waals surface area contributed by atoms with E-state index < -0.39 is 0 Å². The zero-order chi connectivity index (χ0) is 14.7. The van der Waals surface area contributed by atoms with Crippen LogP contribution < -0.4 is 5.32 Å². The van der Waals surface area contributed by atoms with Crippen molar-refractivity contribution in [2.75, 3.05) is 6.54 Å². The van der Waals surface area contributed by atoms with Gasteiger partial charge in [-0.3, -0.25) is 0 Å². The highest BCUT2D eigenvalue weighted by molar-refractivity contribution is 7.15. The summed E-state index contributed by atoms with van der Waals surface area (Å²) in [5.41, 5.74) is 3.92. The smallest absolute Gasteiger partial charge is 0.123 e. The zero-order valence-electron chi connectivity index (χ0n) is 13.0. The summed E-state index contributed by atoms with van der Waals surface area (Å²) < 4.78 is 0. The molecular weight excluding hydrogens is 276 g/mol. The number of aryl methyl sites for hydroxylation is 1. The first kappa shape index (κ1) is 14.7. The van der Waals surface area contributed by atoms with Crippen LogP contribution in [0.25, 0.3) is 10.6 Å². The van der Waals surface area contributed by atoms with Gasteiger partial charge in [0.1, 0.15) is 5.01 Å². The summed E-state index contributed by atoms with van der Waals surface area (Å²) in [5, 5.41) is 4.75. The summed E-state index contributed by atoms with van der Waals surface area (Å²) in [6.45, 7) is 6.46. The van der Waals surface area contributed by atoms with Crippen molar-refractivity contribution in [3.63, 3.8) is 0 Å². The minimum atomic E-state index is 0.725. The van der Waals surface area contributed by atoms with Crippen LogP contribution in [0.3, 0.4) is 0 Å². The molecule has 1 heterocycles. The molecule has 1 aliphatic carbocycles. The first-order valence-corrected chi connectivity index (χ1v) is 8.87. The maximum atomic E-state index is 4.95. The summed E-state index contributed by atoms with van der Waals surface area (Å²) in [5.74, 6) is 0.725. The molecule has 0 amide bonds. The lowest BCUT2D eigenvalue weighted by Gasteiger charge is -2.03. The van der Waals surface area contributed by atoms with Gasteiger partial charge in [-0.1, -0.05) is 43.2 Å². The van der Waals surface area contributed by atoms with Gasteiger partial charge in [0, 0.05) is 22.9 Å². The van der Waals surface area contributed by atoms with Crippen molar-refractivity contribution >= 4 is 11.3 Å². The fraction of sp³-hybridized carbons (Fsp3) is 0.500. The number of hydrogen-bond acceptors (Lipinski definition) is 3. The molecule has 1 saturated carbocycles. The van der Waals surface area contributed by atoms with E-state index in [9.17, 15) is 0 Å². The molecule has 0 aliphatic heterocycles. The second-order valence-corrected chi connectivity index (χ2v) is 7.08. The second-order valence-electron chi connectivity index (χ2n) is 6.00. The highest BCUT2D eigenvalue weighted by Gasteiger charge is 2.29. The largest absolute Gasteiger partial charge is 0.312 e. The third kappa shape index (κ3) is 3.72. The number of benzene rings is 1. The molecule has 1 aromatic heterocycles. The highest BCUT2D eigenvalue weighted by Crippen LogP contribution is 2.44. The quantitative estimate of drug-likeness (QED) is 0.737. The SMILES string of the molecule is CCCCNCc1sc(-c2ccc(C)cc2)nc1C1CC1. The Morgan fingerprint density at radius 1 is 1.24 bits per heavy atom. The Morgan fingerprint density at radius 3 is 2.67 bits per heavy atom. The van der Waals surface area contributed by atoms with Crippen molar-refractivity contribution < 1.29 is 0 Å². The van der Waals surface area contributed by atoms with E-state index in [2.05, 4.69) is 43.4 Å². The van der Waals surface area contributed by atoms with E-state index in [1.807, 2.05) is 11.3 Å². The maximum absolute atomic E-state index is 4.95.